The van der Waals surface area contributed by atoms with Crippen LogP contribution < -0.4 is 4.74 Å². The summed E-state index contributed by atoms with van der Waals surface area (Å²) in [4.78, 5) is 14.8. The van der Waals surface area contributed by atoms with E-state index in [0.717, 1.165) is 11.3 Å². The van der Waals surface area contributed by atoms with E-state index in [1.54, 1.807) is 17.1 Å². The average molecular weight is 342 g/mol. The number of non-ortho nitro benzene ring substituents is 1. The SMILES string of the molecule is COc1ccc([N+](=O)[O-])cc1CSc1ncn(-c2ccccc2)n1. The Kier molecular flexibility index (Phi) is 4.76. The minimum atomic E-state index is -0.421. The van der Waals surface area contributed by atoms with Crippen LogP contribution in [0.2, 0.25) is 0 Å². The molecule has 0 saturated carbocycles. The van der Waals surface area contributed by atoms with Crippen LogP contribution in [0.3, 0.4) is 0 Å². The van der Waals surface area contributed by atoms with Gasteiger partial charge in [0.05, 0.1) is 17.7 Å². The number of rotatable bonds is 6. The molecule has 1 heterocycles. The Bertz CT molecular complexity index is 852. The summed E-state index contributed by atoms with van der Waals surface area (Å²) in [6.07, 6.45) is 1.64. The van der Waals surface area contributed by atoms with E-state index in [4.69, 9.17) is 4.74 Å². The number of nitrogens with zero attached hydrogens (tertiary/aromatic N) is 4. The zero-order valence-electron chi connectivity index (χ0n) is 12.8. The molecule has 24 heavy (non-hydrogen) atoms. The fraction of sp³-hybridized carbons (Fsp3) is 0.125. The molecule has 0 saturated heterocycles. The highest BCUT2D eigenvalue weighted by molar-refractivity contribution is 7.98. The molecular weight excluding hydrogens is 328 g/mol. The molecule has 0 N–H and O–H groups in total. The number of para-hydroxylation sites is 1. The molecule has 1 aromatic heterocycles. The quantitative estimate of drug-likeness (QED) is 0.387. The van der Waals surface area contributed by atoms with Gasteiger partial charge < -0.3 is 4.74 Å². The van der Waals surface area contributed by atoms with Gasteiger partial charge in [0.15, 0.2) is 0 Å². The van der Waals surface area contributed by atoms with Crippen LogP contribution in [0.1, 0.15) is 5.56 Å². The molecule has 0 aliphatic carbocycles. The molecule has 0 aliphatic heterocycles. The first-order valence-electron chi connectivity index (χ1n) is 7.08. The van der Waals surface area contributed by atoms with Gasteiger partial charge in [-0.1, -0.05) is 30.0 Å². The number of ether oxygens (including phenoxy) is 1. The average Bonchev–Trinajstić information content (AvgIpc) is 3.09. The van der Waals surface area contributed by atoms with Crippen LogP contribution in [0, 0.1) is 10.1 Å². The second-order valence-electron chi connectivity index (χ2n) is 4.85. The predicted octanol–water partition coefficient (Wildman–Crippen LogP) is 3.48. The largest absolute Gasteiger partial charge is 0.496 e. The van der Waals surface area contributed by atoms with E-state index < -0.39 is 4.92 Å². The number of hydrogen-bond acceptors (Lipinski definition) is 6. The van der Waals surface area contributed by atoms with Crippen LogP contribution in [0.4, 0.5) is 5.69 Å². The Morgan fingerprint density at radius 1 is 1.25 bits per heavy atom. The summed E-state index contributed by atoms with van der Waals surface area (Å²) in [5.41, 5.74) is 1.69. The van der Waals surface area contributed by atoms with Crippen molar-refractivity contribution in [3.05, 3.63) is 70.5 Å². The van der Waals surface area contributed by atoms with Gasteiger partial charge in [0.1, 0.15) is 12.1 Å². The van der Waals surface area contributed by atoms with E-state index in [2.05, 4.69) is 10.1 Å². The summed E-state index contributed by atoms with van der Waals surface area (Å²) in [5, 5.41) is 15.9. The van der Waals surface area contributed by atoms with Gasteiger partial charge >= 0.3 is 0 Å². The second kappa shape index (κ2) is 7.14. The number of methoxy groups -OCH3 is 1. The highest BCUT2D eigenvalue weighted by atomic mass is 32.2. The number of nitro groups is 1. The second-order valence-corrected chi connectivity index (χ2v) is 5.79. The standard InChI is InChI=1S/C16H14N4O3S/c1-23-15-8-7-14(20(21)22)9-12(15)10-24-16-17-11-19(18-16)13-5-3-2-4-6-13/h2-9,11H,10H2,1H3. The smallest absolute Gasteiger partial charge is 0.270 e. The topological polar surface area (TPSA) is 83.1 Å². The number of thioether (sulfide) groups is 1. The molecule has 0 spiro atoms. The van der Waals surface area contributed by atoms with E-state index in [-0.39, 0.29) is 5.69 Å². The van der Waals surface area contributed by atoms with Gasteiger partial charge in [-0.15, -0.1) is 5.10 Å². The number of aromatic nitrogens is 3. The lowest BCUT2D eigenvalue weighted by molar-refractivity contribution is -0.384. The van der Waals surface area contributed by atoms with Gasteiger partial charge in [-0.2, -0.15) is 0 Å². The van der Waals surface area contributed by atoms with E-state index in [9.17, 15) is 10.1 Å². The summed E-state index contributed by atoms with van der Waals surface area (Å²) in [5.74, 6) is 1.08. The maximum absolute atomic E-state index is 10.9. The van der Waals surface area contributed by atoms with Gasteiger partial charge in [-0.3, -0.25) is 10.1 Å². The fourth-order valence-corrected chi connectivity index (χ4v) is 2.93. The van der Waals surface area contributed by atoms with Crippen LogP contribution in [0.5, 0.6) is 5.75 Å². The highest BCUT2D eigenvalue weighted by Crippen LogP contribution is 2.29. The molecule has 7 nitrogen and oxygen atoms in total. The number of hydrogen-bond donors (Lipinski definition) is 0. The molecule has 0 amide bonds. The van der Waals surface area contributed by atoms with Crippen LogP contribution in [0.15, 0.2) is 60.0 Å². The van der Waals surface area contributed by atoms with Crippen molar-refractivity contribution in [2.24, 2.45) is 0 Å². The van der Waals surface area contributed by atoms with E-state index in [1.165, 1.54) is 31.0 Å². The summed E-state index contributed by atoms with van der Waals surface area (Å²) in [6.45, 7) is 0. The summed E-state index contributed by atoms with van der Waals surface area (Å²) < 4.78 is 6.95. The molecule has 0 aliphatic rings. The zero-order valence-corrected chi connectivity index (χ0v) is 13.6. The van der Waals surface area contributed by atoms with Crippen LogP contribution >= 0.6 is 11.8 Å². The van der Waals surface area contributed by atoms with E-state index in [1.807, 2.05) is 30.3 Å². The van der Waals surface area contributed by atoms with Crippen molar-refractivity contribution < 1.29 is 9.66 Å². The molecule has 0 unspecified atom stereocenters. The molecule has 0 bridgehead atoms. The first-order valence-corrected chi connectivity index (χ1v) is 8.07. The van der Waals surface area contributed by atoms with E-state index >= 15 is 0 Å². The summed E-state index contributed by atoms with van der Waals surface area (Å²) >= 11 is 1.39. The van der Waals surface area contributed by atoms with Crippen molar-refractivity contribution in [2.45, 2.75) is 10.9 Å². The third kappa shape index (κ3) is 3.54. The minimum Gasteiger partial charge on any atom is -0.496 e. The maximum Gasteiger partial charge on any atom is 0.270 e. The molecule has 2 aromatic carbocycles. The first kappa shape index (κ1) is 16.0. The molecule has 8 heteroatoms. The summed E-state index contributed by atoms with van der Waals surface area (Å²) in [7, 11) is 1.54. The summed E-state index contributed by atoms with van der Waals surface area (Å²) in [6, 6.07) is 14.2. The molecule has 0 fully saturated rings. The normalized spacial score (nSPS) is 10.5. The van der Waals surface area contributed by atoms with Crippen molar-refractivity contribution in [3.63, 3.8) is 0 Å². The third-order valence-corrected chi connectivity index (χ3v) is 4.22. The predicted molar refractivity (Wildman–Crippen MR) is 90.6 cm³/mol. The lowest BCUT2D eigenvalue weighted by Gasteiger charge is -2.06. The van der Waals surface area contributed by atoms with Crippen molar-refractivity contribution in [2.75, 3.05) is 7.11 Å². The molecule has 3 rings (SSSR count). The minimum absolute atomic E-state index is 0.0363. The lowest BCUT2D eigenvalue weighted by Crippen LogP contribution is -1.95. The number of nitro benzene ring substituents is 1. The van der Waals surface area contributed by atoms with Crippen LogP contribution in [-0.4, -0.2) is 26.8 Å². The van der Waals surface area contributed by atoms with Crippen molar-refractivity contribution in [3.8, 4) is 11.4 Å². The maximum atomic E-state index is 10.9. The molecule has 0 radical (unpaired) electrons. The van der Waals surface area contributed by atoms with Gasteiger partial charge in [0.2, 0.25) is 5.16 Å². The first-order chi connectivity index (χ1) is 11.7. The van der Waals surface area contributed by atoms with Crippen LogP contribution in [-0.2, 0) is 5.75 Å². The Morgan fingerprint density at radius 2 is 2.04 bits per heavy atom. The Hall–Kier alpha value is -2.87. The van der Waals surface area contributed by atoms with Crippen LogP contribution in [0.25, 0.3) is 5.69 Å². The van der Waals surface area contributed by atoms with Gasteiger partial charge in [0, 0.05) is 23.4 Å². The van der Waals surface area contributed by atoms with Crippen molar-refractivity contribution in [1.82, 2.24) is 14.8 Å². The monoisotopic (exact) mass is 342 g/mol. The Labute approximate surface area is 142 Å². The lowest BCUT2D eigenvalue weighted by atomic mass is 10.2. The molecule has 122 valence electrons. The fourth-order valence-electron chi connectivity index (χ4n) is 2.15. The van der Waals surface area contributed by atoms with Crippen molar-refractivity contribution >= 4 is 17.4 Å². The van der Waals surface area contributed by atoms with Gasteiger partial charge in [-0.25, -0.2) is 9.67 Å². The van der Waals surface area contributed by atoms with Gasteiger partial charge in [-0.05, 0) is 18.2 Å². The zero-order chi connectivity index (χ0) is 16.9. The Balaban J connectivity index is 1.75. The van der Waals surface area contributed by atoms with Crippen molar-refractivity contribution in [1.29, 1.82) is 0 Å². The van der Waals surface area contributed by atoms with E-state index in [0.29, 0.717) is 16.7 Å². The molecule has 0 atom stereocenters. The highest BCUT2D eigenvalue weighted by Gasteiger charge is 2.13. The molecule has 3 aromatic rings. The Morgan fingerprint density at radius 3 is 2.75 bits per heavy atom. The third-order valence-electron chi connectivity index (χ3n) is 3.32. The number of benzene rings is 2. The molecular formula is C16H14N4O3S. The van der Waals surface area contributed by atoms with Gasteiger partial charge in [0.25, 0.3) is 5.69 Å².